The Morgan fingerprint density at radius 1 is 1.05 bits per heavy atom. The van der Waals surface area contributed by atoms with E-state index in [9.17, 15) is 14.4 Å². The van der Waals surface area contributed by atoms with Crippen LogP contribution in [0.3, 0.4) is 0 Å². The average Bonchev–Trinajstić information content (AvgIpc) is 3.35. The van der Waals surface area contributed by atoms with Crippen LogP contribution in [0.5, 0.6) is 0 Å². The smallest absolute Gasteiger partial charge is 0.224 e. The first-order valence-electron chi connectivity index (χ1n) is 14.1. The van der Waals surface area contributed by atoms with Crippen molar-refractivity contribution in [1.82, 2.24) is 15.2 Å². The third-order valence-electron chi connectivity index (χ3n) is 7.15. The van der Waals surface area contributed by atoms with Gasteiger partial charge in [0.05, 0.1) is 21.1 Å². The number of carbonyl (C=O) groups is 3. The summed E-state index contributed by atoms with van der Waals surface area (Å²) in [4.78, 5) is 45.9. The Hall–Kier alpha value is -2.87. The molecule has 1 aromatic heterocycles. The van der Waals surface area contributed by atoms with E-state index in [2.05, 4.69) is 35.6 Å². The maximum Gasteiger partial charge on any atom is 0.224 e. The third kappa shape index (κ3) is 9.65. The summed E-state index contributed by atoms with van der Waals surface area (Å²) in [5.74, 6) is -0.679. The SMILES string of the molecule is C=C(CN(CC)CC)C(=O)CC[C@H](Cc1ccccc1)NC(=O)[C@@H](CC(=O)CC)Cc1nc2ccc(Cl)cc2s1. The van der Waals surface area contributed by atoms with Crippen molar-refractivity contribution in [2.75, 3.05) is 19.6 Å². The first kappa shape index (κ1) is 31.7. The lowest BCUT2D eigenvalue weighted by molar-refractivity contribution is -0.130. The van der Waals surface area contributed by atoms with Crippen molar-refractivity contribution in [3.63, 3.8) is 0 Å². The van der Waals surface area contributed by atoms with E-state index in [1.54, 1.807) is 6.07 Å². The molecule has 1 heterocycles. The van der Waals surface area contributed by atoms with Crippen molar-refractivity contribution in [2.45, 2.75) is 65.3 Å². The van der Waals surface area contributed by atoms with Gasteiger partial charge in [0, 0.05) is 48.9 Å². The van der Waals surface area contributed by atoms with Crippen LogP contribution in [0.25, 0.3) is 10.2 Å². The number of ketones is 2. The monoisotopic (exact) mass is 581 g/mol. The molecule has 3 aromatic rings. The summed E-state index contributed by atoms with van der Waals surface area (Å²) in [6.45, 7) is 12.2. The summed E-state index contributed by atoms with van der Waals surface area (Å²) >= 11 is 7.64. The number of benzene rings is 2. The zero-order chi connectivity index (χ0) is 29.1. The largest absolute Gasteiger partial charge is 0.353 e. The second kappa shape index (κ2) is 15.8. The summed E-state index contributed by atoms with van der Waals surface area (Å²) in [7, 11) is 0. The molecule has 214 valence electrons. The molecule has 6 nitrogen and oxygen atoms in total. The second-order valence-corrected chi connectivity index (χ2v) is 11.7. The van der Waals surface area contributed by atoms with Crippen LogP contribution < -0.4 is 5.32 Å². The Morgan fingerprint density at radius 2 is 1.77 bits per heavy atom. The molecule has 1 amide bonds. The van der Waals surface area contributed by atoms with E-state index in [0.29, 0.717) is 49.2 Å². The van der Waals surface area contributed by atoms with E-state index in [0.717, 1.165) is 33.9 Å². The molecule has 8 heteroatoms. The standard InChI is InChI=1S/C32H40ClN3O3S/c1-5-27(37)18-24(19-31-35-28-15-13-25(33)20-30(28)40-31)32(39)34-26(17-23-11-9-8-10-12-23)14-16-29(38)22(4)21-36(6-2)7-3/h8-13,15,20,24,26H,4-7,14,16-19,21H2,1-3H3,(H,34,39)/t24-,26+/m0/s1. The normalized spacial score (nSPS) is 12.8. The lowest BCUT2D eigenvalue weighted by Gasteiger charge is -2.23. The summed E-state index contributed by atoms with van der Waals surface area (Å²) < 4.78 is 0.953. The molecule has 2 aromatic carbocycles. The molecule has 0 spiro atoms. The van der Waals surface area contributed by atoms with E-state index in [1.807, 2.05) is 49.4 Å². The van der Waals surface area contributed by atoms with Gasteiger partial charge in [-0.1, -0.05) is 69.3 Å². The van der Waals surface area contributed by atoms with Crippen molar-refractivity contribution in [3.05, 3.63) is 76.3 Å². The number of fused-ring (bicyclic) bond motifs is 1. The first-order valence-corrected chi connectivity index (χ1v) is 15.3. The van der Waals surface area contributed by atoms with E-state index >= 15 is 0 Å². The van der Waals surface area contributed by atoms with E-state index in [-0.39, 0.29) is 29.9 Å². The highest BCUT2D eigenvalue weighted by Crippen LogP contribution is 2.28. The van der Waals surface area contributed by atoms with Gasteiger partial charge in [0.25, 0.3) is 0 Å². The summed E-state index contributed by atoms with van der Waals surface area (Å²) in [5, 5.41) is 4.62. The molecule has 0 saturated heterocycles. The minimum Gasteiger partial charge on any atom is -0.353 e. The van der Waals surface area contributed by atoms with Crippen molar-refractivity contribution < 1.29 is 14.4 Å². The van der Waals surface area contributed by atoms with Gasteiger partial charge in [-0.25, -0.2) is 4.98 Å². The summed E-state index contributed by atoms with van der Waals surface area (Å²) in [5.41, 5.74) is 2.50. The highest BCUT2D eigenvalue weighted by Gasteiger charge is 2.26. The molecule has 2 atom stereocenters. The van der Waals surface area contributed by atoms with E-state index < -0.39 is 5.92 Å². The van der Waals surface area contributed by atoms with Crippen LogP contribution in [0.1, 0.15) is 57.0 Å². The predicted octanol–water partition coefficient (Wildman–Crippen LogP) is 6.45. The van der Waals surface area contributed by atoms with Crippen LogP contribution in [0.15, 0.2) is 60.7 Å². The number of amides is 1. The van der Waals surface area contributed by atoms with Crippen molar-refractivity contribution >= 4 is 50.6 Å². The highest BCUT2D eigenvalue weighted by molar-refractivity contribution is 7.18. The number of carbonyl (C=O) groups excluding carboxylic acids is 3. The van der Waals surface area contributed by atoms with Gasteiger partial charge in [-0.15, -0.1) is 11.3 Å². The zero-order valence-electron chi connectivity index (χ0n) is 23.7. The first-order chi connectivity index (χ1) is 19.2. The molecule has 0 aliphatic heterocycles. The number of hydrogen-bond acceptors (Lipinski definition) is 6. The number of Topliss-reactive ketones (excluding diaryl/α,β-unsaturated/α-hetero) is 2. The Kier molecular flexibility index (Phi) is 12.5. The highest BCUT2D eigenvalue weighted by atomic mass is 35.5. The van der Waals surface area contributed by atoms with Gasteiger partial charge in [-0.05, 0) is 49.7 Å². The quantitative estimate of drug-likeness (QED) is 0.185. The summed E-state index contributed by atoms with van der Waals surface area (Å²) in [6.07, 6.45) is 2.27. The fraction of sp³-hybridized carbons (Fsp3) is 0.438. The van der Waals surface area contributed by atoms with Crippen molar-refractivity contribution in [1.29, 1.82) is 0 Å². The fourth-order valence-corrected chi connectivity index (χ4v) is 5.97. The number of nitrogens with one attached hydrogen (secondary N) is 1. The Balaban J connectivity index is 1.74. The van der Waals surface area contributed by atoms with Crippen LogP contribution in [-0.4, -0.2) is 53.0 Å². The van der Waals surface area contributed by atoms with Crippen LogP contribution >= 0.6 is 22.9 Å². The molecule has 0 aliphatic carbocycles. The molecule has 0 aliphatic rings. The second-order valence-electron chi connectivity index (χ2n) is 10.1. The van der Waals surface area contributed by atoms with Gasteiger partial charge in [0.1, 0.15) is 5.78 Å². The van der Waals surface area contributed by atoms with Crippen LogP contribution in [-0.2, 0) is 27.2 Å². The molecule has 40 heavy (non-hydrogen) atoms. The number of nitrogens with zero attached hydrogens (tertiary/aromatic N) is 2. The number of thiazole rings is 1. The van der Waals surface area contributed by atoms with Crippen LogP contribution in [0.4, 0.5) is 0 Å². The van der Waals surface area contributed by atoms with Crippen molar-refractivity contribution in [2.24, 2.45) is 5.92 Å². The minimum absolute atomic E-state index is 0.0186. The lowest BCUT2D eigenvalue weighted by Crippen LogP contribution is -2.42. The zero-order valence-corrected chi connectivity index (χ0v) is 25.3. The van der Waals surface area contributed by atoms with Gasteiger partial charge >= 0.3 is 0 Å². The molecule has 0 fully saturated rings. The summed E-state index contributed by atoms with van der Waals surface area (Å²) in [6, 6.07) is 15.2. The molecular formula is C32H40ClN3O3S. The molecule has 0 unspecified atom stereocenters. The van der Waals surface area contributed by atoms with Crippen LogP contribution in [0, 0.1) is 5.92 Å². The number of aromatic nitrogens is 1. The Bertz CT molecular complexity index is 1300. The number of halogens is 1. The number of rotatable bonds is 17. The molecule has 1 N–H and O–H groups in total. The van der Waals surface area contributed by atoms with Gasteiger partial charge in [0.2, 0.25) is 5.91 Å². The third-order valence-corrected chi connectivity index (χ3v) is 8.42. The predicted molar refractivity (Wildman–Crippen MR) is 165 cm³/mol. The van der Waals surface area contributed by atoms with E-state index in [1.165, 1.54) is 11.3 Å². The molecule has 0 saturated carbocycles. The van der Waals surface area contributed by atoms with Gasteiger partial charge in [-0.2, -0.15) is 0 Å². The maximum absolute atomic E-state index is 13.7. The van der Waals surface area contributed by atoms with Gasteiger partial charge < -0.3 is 5.32 Å². The van der Waals surface area contributed by atoms with Gasteiger partial charge in [-0.3, -0.25) is 19.3 Å². The molecule has 0 bridgehead atoms. The lowest BCUT2D eigenvalue weighted by atomic mass is 9.94. The number of hydrogen-bond donors (Lipinski definition) is 1. The molecule has 0 radical (unpaired) electrons. The van der Waals surface area contributed by atoms with Crippen molar-refractivity contribution in [3.8, 4) is 0 Å². The maximum atomic E-state index is 13.7. The Labute approximate surface area is 246 Å². The Morgan fingerprint density at radius 3 is 2.45 bits per heavy atom. The molecular weight excluding hydrogens is 542 g/mol. The average molecular weight is 582 g/mol. The van der Waals surface area contributed by atoms with Crippen LogP contribution in [0.2, 0.25) is 5.02 Å². The fourth-order valence-electron chi connectivity index (χ4n) is 4.65. The number of likely N-dealkylation sites (N-methyl/N-ethyl adjacent to an activating group) is 1. The minimum atomic E-state index is -0.546. The van der Waals surface area contributed by atoms with Gasteiger partial charge in [0.15, 0.2) is 5.78 Å². The topological polar surface area (TPSA) is 79.4 Å². The molecule has 3 rings (SSSR count). The van der Waals surface area contributed by atoms with E-state index in [4.69, 9.17) is 11.6 Å².